The molecule has 24 heavy (non-hydrogen) atoms. The molecule has 0 aliphatic rings. The molecule has 1 aromatic heterocycles. The molecule has 0 saturated heterocycles. The fourth-order valence-electron chi connectivity index (χ4n) is 1.93. The van der Waals surface area contributed by atoms with Crippen molar-refractivity contribution in [3.05, 3.63) is 57.9 Å². The van der Waals surface area contributed by atoms with Gasteiger partial charge in [0, 0.05) is 28.9 Å². The maximum absolute atomic E-state index is 10.0. The largest absolute Gasteiger partial charge is 0.505 e. The standard InChI is InChI=1S/C16H17ClN4O2S/c1-10-15(23)13(12(9-22)7-18-10)8-20-21-16(24)19-6-11-4-2-3-5-14(11)17/h2-5,7-8,22-23H,6,9H2,1H3,(H2,19,21,24)/b20-8+. The number of benzene rings is 1. The monoisotopic (exact) mass is 364 g/mol. The fourth-order valence-corrected chi connectivity index (χ4v) is 2.26. The van der Waals surface area contributed by atoms with E-state index in [4.69, 9.17) is 23.8 Å². The molecule has 0 aliphatic heterocycles. The van der Waals surface area contributed by atoms with E-state index < -0.39 is 0 Å². The molecule has 4 N–H and O–H groups in total. The van der Waals surface area contributed by atoms with Crippen LogP contribution < -0.4 is 10.7 Å². The number of hydrogen-bond acceptors (Lipinski definition) is 5. The molecule has 0 radical (unpaired) electrons. The fraction of sp³-hybridized carbons (Fsp3) is 0.188. The molecule has 0 spiro atoms. The van der Waals surface area contributed by atoms with Crippen LogP contribution in [0.3, 0.4) is 0 Å². The van der Waals surface area contributed by atoms with E-state index in [0.717, 1.165) is 5.56 Å². The van der Waals surface area contributed by atoms with E-state index in [1.54, 1.807) is 13.0 Å². The van der Waals surface area contributed by atoms with E-state index in [0.29, 0.717) is 33.5 Å². The first-order valence-electron chi connectivity index (χ1n) is 7.11. The van der Waals surface area contributed by atoms with Crippen molar-refractivity contribution in [1.29, 1.82) is 0 Å². The second-order valence-corrected chi connectivity index (χ2v) is 5.75. The third-order valence-electron chi connectivity index (χ3n) is 3.29. The highest BCUT2D eigenvalue weighted by Gasteiger charge is 2.09. The van der Waals surface area contributed by atoms with Gasteiger partial charge in [0.2, 0.25) is 0 Å². The van der Waals surface area contributed by atoms with Crippen molar-refractivity contribution >= 4 is 35.1 Å². The molecule has 126 valence electrons. The summed E-state index contributed by atoms with van der Waals surface area (Å²) in [6.45, 7) is 1.87. The number of halogens is 1. The van der Waals surface area contributed by atoms with Crippen molar-refractivity contribution in [2.45, 2.75) is 20.1 Å². The van der Waals surface area contributed by atoms with Crippen LogP contribution in [0, 0.1) is 6.92 Å². The van der Waals surface area contributed by atoms with Crippen LogP contribution >= 0.6 is 23.8 Å². The van der Waals surface area contributed by atoms with Crippen LogP contribution in [-0.4, -0.2) is 26.5 Å². The SMILES string of the molecule is Cc1ncc(CO)c(/C=N/NC(=S)NCc2ccccc2Cl)c1O. The summed E-state index contributed by atoms with van der Waals surface area (Å²) in [6.07, 6.45) is 2.88. The molecule has 0 saturated carbocycles. The quantitative estimate of drug-likeness (QED) is 0.369. The molecule has 0 fully saturated rings. The maximum atomic E-state index is 10.0. The topological polar surface area (TPSA) is 89.8 Å². The van der Waals surface area contributed by atoms with E-state index in [1.165, 1.54) is 12.4 Å². The van der Waals surface area contributed by atoms with Crippen molar-refractivity contribution in [3.8, 4) is 5.75 Å². The number of thiocarbonyl (C=S) groups is 1. The number of aromatic hydroxyl groups is 1. The van der Waals surface area contributed by atoms with Gasteiger partial charge in [-0.3, -0.25) is 10.4 Å². The Morgan fingerprint density at radius 1 is 1.38 bits per heavy atom. The molecule has 2 rings (SSSR count). The van der Waals surface area contributed by atoms with Crippen molar-refractivity contribution in [2.75, 3.05) is 0 Å². The third kappa shape index (κ3) is 4.64. The Bertz CT molecular complexity index is 768. The number of hydrazone groups is 1. The molecule has 0 amide bonds. The van der Waals surface area contributed by atoms with Crippen LogP contribution in [-0.2, 0) is 13.2 Å². The highest BCUT2D eigenvalue weighted by atomic mass is 35.5. The first-order valence-corrected chi connectivity index (χ1v) is 7.90. The van der Waals surface area contributed by atoms with E-state index in [2.05, 4.69) is 20.8 Å². The Labute approximate surface area is 150 Å². The predicted molar refractivity (Wildman–Crippen MR) is 98.2 cm³/mol. The van der Waals surface area contributed by atoms with E-state index in [9.17, 15) is 10.2 Å². The molecule has 1 heterocycles. The molecule has 0 bridgehead atoms. The molecule has 0 unspecified atom stereocenters. The molecule has 6 nitrogen and oxygen atoms in total. The molecule has 0 aliphatic carbocycles. The average molecular weight is 365 g/mol. The first-order chi connectivity index (χ1) is 11.5. The van der Waals surface area contributed by atoms with Crippen LogP contribution in [0.15, 0.2) is 35.6 Å². The molecular weight excluding hydrogens is 348 g/mol. The highest BCUT2D eigenvalue weighted by Crippen LogP contribution is 2.21. The maximum Gasteiger partial charge on any atom is 0.187 e. The molecule has 2 aromatic rings. The summed E-state index contributed by atoms with van der Waals surface area (Å²) in [4.78, 5) is 3.98. The summed E-state index contributed by atoms with van der Waals surface area (Å²) in [7, 11) is 0. The van der Waals surface area contributed by atoms with Crippen molar-refractivity contribution in [2.24, 2.45) is 5.10 Å². The summed E-state index contributed by atoms with van der Waals surface area (Å²) < 4.78 is 0. The van der Waals surface area contributed by atoms with Crippen molar-refractivity contribution < 1.29 is 10.2 Å². The molecule has 8 heteroatoms. The van der Waals surface area contributed by atoms with Crippen molar-refractivity contribution in [3.63, 3.8) is 0 Å². The number of aromatic nitrogens is 1. The lowest BCUT2D eigenvalue weighted by Crippen LogP contribution is -2.31. The van der Waals surface area contributed by atoms with Gasteiger partial charge in [-0.2, -0.15) is 5.10 Å². The van der Waals surface area contributed by atoms with Gasteiger partial charge in [-0.25, -0.2) is 0 Å². The van der Waals surface area contributed by atoms with E-state index >= 15 is 0 Å². The van der Waals surface area contributed by atoms with Gasteiger partial charge in [-0.1, -0.05) is 29.8 Å². The van der Waals surface area contributed by atoms with Crippen LogP contribution in [0.2, 0.25) is 5.02 Å². The Balaban J connectivity index is 1.96. The smallest absolute Gasteiger partial charge is 0.187 e. The van der Waals surface area contributed by atoms with Gasteiger partial charge in [0.05, 0.1) is 18.5 Å². The summed E-state index contributed by atoms with van der Waals surface area (Å²) >= 11 is 11.2. The Morgan fingerprint density at radius 3 is 2.83 bits per heavy atom. The number of hydrogen-bond donors (Lipinski definition) is 4. The van der Waals surface area contributed by atoms with Gasteiger partial charge in [0.15, 0.2) is 5.11 Å². The lowest BCUT2D eigenvalue weighted by Gasteiger charge is -2.09. The normalized spacial score (nSPS) is 10.8. The average Bonchev–Trinajstić information content (AvgIpc) is 2.58. The number of rotatable bonds is 5. The zero-order valence-corrected chi connectivity index (χ0v) is 14.5. The Morgan fingerprint density at radius 2 is 2.12 bits per heavy atom. The molecular formula is C16H17ClN4O2S. The van der Waals surface area contributed by atoms with Crippen LogP contribution in [0.25, 0.3) is 0 Å². The Hall–Kier alpha value is -2.22. The summed E-state index contributed by atoms with van der Waals surface area (Å²) in [6, 6.07) is 7.45. The van der Waals surface area contributed by atoms with Gasteiger partial charge < -0.3 is 15.5 Å². The van der Waals surface area contributed by atoms with Gasteiger partial charge in [0.1, 0.15) is 5.75 Å². The molecule has 0 atom stereocenters. The van der Waals surface area contributed by atoms with Gasteiger partial charge in [0.25, 0.3) is 0 Å². The number of nitrogens with zero attached hydrogens (tertiary/aromatic N) is 2. The lowest BCUT2D eigenvalue weighted by atomic mass is 10.1. The number of aliphatic hydroxyl groups is 1. The van der Waals surface area contributed by atoms with E-state index in [1.807, 2.05) is 18.2 Å². The minimum absolute atomic E-state index is 0.0259. The number of nitrogens with one attached hydrogen (secondary N) is 2. The minimum atomic E-state index is -0.253. The number of pyridine rings is 1. The predicted octanol–water partition coefficient (Wildman–Crippen LogP) is 2.24. The zero-order valence-electron chi connectivity index (χ0n) is 13.0. The minimum Gasteiger partial charge on any atom is -0.505 e. The third-order valence-corrected chi connectivity index (χ3v) is 3.89. The van der Waals surface area contributed by atoms with Crippen molar-refractivity contribution in [1.82, 2.24) is 15.7 Å². The van der Waals surface area contributed by atoms with Crippen LogP contribution in [0.1, 0.15) is 22.4 Å². The molecule has 1 aromatic carbocycles. The second-order valence-electron chi connectivity index (χ2n) is 4.93. The van der Waals surface area contributed by atoms with Gasteiger partial charge >= 0.3 is 0 Å². The van der Waals surface area contributed by atoms with Crippen LogP contribution in [0.4, 0.5) is 0 Å². The number of aliphatic hydroxyl groups excluding tert-OH is 1. The zero-order chi connectivity index (χ0) is 17.5. The second kappa shape index (κ2) is 8.58. The lowest BCUT2D eigenvalue weighted by molar-refractivity contribution is 0.280. The first kappa shape index (κ1) is 18.1. The highest BCUT2D eigenvalue weighted by molar-refractivity contribution is 7.80. The summed E-state index contributed by atoms with van der Waals surface area (Å²) in [5.41, 5.74) is 4.88. The van der Waals surface area contributed by atoms with Crippen LogP contribution in [0.5, 0.6) is 5.75 Å². The summed E-state index contributed by atoms with van der Waals surface area (Å²) in [5, 5.41) is 27.2. The van der Waals surface area contributed by atoms with E-state index in [-0.39, 0.29) is 12.4 Å². The number of aryl methyl sites for hydroxylation is 1. The Kier molecular flexibility index (Phi) is 6.48. The summed E-state index contributed by atoms with van der Waals surface area (Å²) in [5.74, 6) is -0.0259. The van der Waals surface area contributed by atoms with Gasteiger partial charge in [-0.15, -0.1) is 0 Å². The van der Waals surface area contributed by atoms with Gasteiger partial charge in [-0.05, 0) is 30.8 Å².